The highest BCUT2D eigenvalue weighted by Gasteiger charge is 2.25. The summed E-state index contributed by atoms with van der Waals surface area (Å²) in [5.41, 5.74) is 15.1. The van der Waals surface area contributed by atoms with Gasteiger partial charge in [-0.25, -0.2) is 0 Å². The van der Waals surface area contributed by atoms with E-state index in [2.05, 4.69) is 183 Å². The predicted molar refractivity (Wildman–Crippen MR) is 257 cm³/mol. The fraction of sp³-hybridized carbons (Fsp3) is 0.158. The molecule has 8 rings (SSSR count). The molecule has 5 aromatic rings. The first-order valence-corrected chi connectivity index (χ1v) is 22.2. The summed E-state index contributed by atoms with van der Waals surface area (Å²) in [4.78, 5) is 1.30. The first kappa shape index (κ1) is 40.5. The molecule has 1 N–H and O–H groups in total. The van der Waals surface area contributed by atoms with Gasteiger partial charge < -0.3 is 10.1 Å². The molecule has 2 nitrogen and oxygen atoms in total. The second kappa shape index (κ2) is 19.2. The van der Waals surface area contributed by atoms with Gasteiger partial charge in [-0.1, -0.05) is 183 Å². The van der Waals surface area contributed by atoms with Crippen molar-refractivity contribution in [3.05, 3.63) is 246 Å². The molecule has 5 aromatic carbocycles. The number of fused-ring (bicyclic) bond motifs is 2. The van der Waals surface area contributed by atoms with Crippen LogP contribution in [0, 0.1) is 12.8 Å². The monoisotopic (exact) mass is 799 g/mol. The van der Waals surface area contributed by atoms with Gasteiger partial charge in [-0.05, 0) is 118 Å². The Morgan fingerprint density at radius 3 is 2.52 bits per heavy atom. The van der Waals surface area contributed by atoms with E-state index in [0.29, 0.717) is 11.7 Å². The van der Waals surface area contributed by atoms with Gasteiger partial charge in [-0.15, -0.1) is 11.8 Å². The predicted octanol–water partition coefficient (Wildman–Crippen LogP) is 14.5. The molecule has 2 aliphatic carbocycles. The van der Waals surface area contributed by atoms with E-state index in [4.69, 9.17) is 4.74 Å². The minimum atomic E-state index is 0.109. The number of para-hydroxylation sites is 1. The number of nitrogens with one attached hydrogen (secondary N) is 1. The summed E-state index contributed by atoms with van der Waals surface area (Å²) in [5, 5.41) is 4.05. The quantitative estimate of drug-likeness (QED) is 0.100. The van der Waals surface area contributed by atoms with Crippen molar-refractivity contribution in [1.82, 2.24) is 5.32 Å². The van der Waals surface area contributed by atoms with Crippen LogP contribution in [0.15, 0.2) is 217 Å². The molecule has 0 aromatic heterocycles. The lowest BCUT2D eigenvalue weighted by Gasteiger charge is -2.31. The van der Waals surface area contributed by atoms with Crippen LogP contribution < -0.4 is 10.1 Å². The van der Waals surface area contributed by atoms with Crippen LogP contribution in [0.4, 0.5) is 0 Å². The molecule has 298 valence electrons. The van der Waals surface area contributed by atoms with Crippen molar-refractivity contribution in [3.8, 4) is 28.0 Å². The van der Waals surface area contributed by atoms with Gasteiger partial charge in [0.05, 0.1) is 6.04 Å². The van der Waals surface area contributed by atoms with Gasteiger partial charge >= 0.3 is 0 Å². The van der Waals surface area contributed by atoms with E-state index < -0.39 is 0 Å². The molecule has 0 bridgehead atoms. The van der Waals surface area contributed by atoms with Gasteiger partial charge in [0, 0.05) is 22.9 Å². The summed E-state index contributed by atoms with van der Waals surface area (Å²) in [6.45, 7) is 10.1. The third-order valence-electron chi connectivity index (χ3n) is 11.6. The van der Waals surface area contributed by atoms with E-state index in [1.165, 1.54) is 71.8 Å². The van der Waals surface area contributed by atoms with Gasteiger partial charge in [0.1, 0.15) is 11.5 Å². The van der Waals surface area contributed by atoms with E-state index in [1.54, 1.807) is 11.8 Å². The van der Waals surface area contributed by atoms with E-state index >= 15 is 0 Å². The fourth-order valence-corrected chi connectivity index (χ4v) is 9.07. The summed E-state index contributed by atoms with van der Waals surface area (Å²) in [6, 6.07) is 40.2. The maximum absolute atomic E-state index is 6.09. The number of rotatable bonds is 12. The Morgan fingerprint density at radius 2 is 1.65 bits per heavy atom. The third-order valence-corrected chi connectivity index (χ3v) is 12.4. The molecule has 0 radical (unpaired) electrons. The highest BCUT2D eigenvalue weighted by Crippen LogP contribution is 2.36. The summed E-state index contributed by atoms with van der Waals surface area (Å²) in [5.74, 6) is 2.07. The highest BCUT2D eigenvalue weighted by molar-refractivity contribution is 7.98. The van der Waals surface area contributed by atoms with Crippen LogP contribution in [-0.2, 0) is 12.8 Å². The number of aryl methyl sites for hydroxylation is 1. The van der Waals surface area contributed by atoms with Gasteiger partial charge in [0.2, 0.25) is 0 Å². The molecule has 60 heavy (non-hydrogen) atoms. The minimum Gasteiger partial charge on any atom is -0.458 e. The number of hydrogen-bond donors (Lipinski definition) is 1. The molecular formula is C57H53NOS. The number of allylic oxidation sites excluding steroid dienone is 11. The van der Waals surface area contributed by atoms with Gasteiger partial charge in [0.15, 0.2) is 0 Å². The van der Waals surface area contributed by atoms with E-state index in [0.717, 1.165) is 31.4 Å². The Morgan fingerprint density at radius 1 is 0.800 bits per heavy atom. The van der Waals surface area contributed by atoms with Gasteiger partial charge in [0.25, 0.3) is 0 Å². The van der Waals surface area contributed by atoms with Crippen molar-refractivity contribution in [2.45, 2.75) is 49.5 Å². The van der Waals surface area contributed by atoms with Crippen molar-refractivity contribution in [2.75, 3.05) is 6.26 Å². The summed E-state index contributed by atoms with van der Waals surface area (Å²) in [6.07, 6.45) is 34.1. The Balaban J connectivity index is 1.03. The number of hydrogen-bond acceptors (Lipinski definition) is 3. The van der Waals surface area contributed by atoms with Crippen LogP contribution >= 0.6 is 11.8 Å². The molecule has 0 spiro atoms. The Bertz CT molecular complexity index is 2590. The largest absolute Gasteiger partial charge is 0.458 e. The first-order chi connectivity index (χ1) is 29.4. The van der Waals surface area contributed by atoms with E-state index in [-0.39, 0.29) is 12.0 Å². The molecule has 3 heteroatoms. The highest BCUT2D eigenvalue weighted by atomic mass is 32.2. The van der Waals surface area contributed by atoms with Crippen LogP contribution in [0.5, 0.6) is 5.75 Å². The molecule has 0 saturated carbocycles. The lowest BCUT2D eigenvalue weighted by molar-refractivity contribution is 0.443. The molecule has 0 amide bonds. The zero-order valence-electron chi connectivity index (χ0n) is 34.7. The Labute approximate surface area is 361 Å². The molecule has 3 unspecified atom stereocenters. The maximum atomic E-state index is 6.09. The van der Waals surface area contributed by atoms with Crippen molar-refractivity contribution in [1.29, 1.82) is 0 Å². The second-order valence-electron chi connectivity index (χ2n) is 15.9. The average Bonchev–Trinajstić information content (AvgIpc) is 3.34. The zero-order valence-corrected chi connectivity index (χ0v) is 35.5. The van der Waals surface area contributed by atoms with Crippen LogP contribution in [0.2, 0.25) is 0 Å². The maximum Gasteiger partial charge on any atom is 0.130 e. The molecule has 0 saturated heterocycles. The smallest absolute Gasteiger partial charge is 0.130 e. The lowest BCUT2D eigenvalue weighted by atomic mass is 9.84. The van der Waals surface area contributed by atoms with E-state index in [1.807, 2.05) is 36.4 Å². The molecule has 1 aliphatic heterocycles. The standard InChI is InChI=1S/C57H53NOS/c1-5-6-7-8-9-15-46-27-24-43(35-42-25-28-49-39-51-16-10-13-21-56(51)59-41(3)23-26-48(49)36-42)37-55(46)58-54-20-12-11-19-52(54)45-31-29-44(30-32-45)47-17-14-18-50(38-47)53-34-40(2)22-33-57(53)60-4/h5-14,16-23,25-34,36-38,43,52,54,58H,1,3,15,24,35,39H2,2,4H3/b7-6-,9-8-,26-23-. The molecule has 1 heterocycles. The van der Waals surface area contributed by atoms with Gasteiger partial charge in [-0.2, -0.15) is 0 Å². The third kappa shape index (κ3) is 9.76. The molecule has 3 aliphatic rings. The Kier molecular flexibility index (Phi) is 12.9. The van der Waals surface area contributed by atoms with E-state index in [9.17, 15) is 0 Å². The first-order valence-electron chi connectivity index (χ1n) is 21.0. The minimum absolute atomic E-state index is 0.109. The normalized spacial score (nSPS) is 19.0. The summed E-state index contributed by atoms with van der Waals surface area (Å²) < 4.78 is 6.09. The topological polar surface area (TPSA) is 21.3 Å². The second-order valence-corrected chi connectivity index (χ2v) is 16.7. The van der Waals surface area contributed by atoms with Crippen LogP contribution in [0.3, 0.4) is 0 Å². The van der Waals surface area contributed by atoms with Gasteiger partial charge in [-0.3, -0.25) is 0 Å². The van der Waals surface area contributed by atoms with Crippen LogP contribution in [0.1, 0.15) is 52.1 Å². The summed E-state index contributed by atoms with van der Waals surface area (Å²) >= 11 is 1.80. The number of benzene rings is 5. The number of ether oxygens (including phenoxy) is 1. The SMILES string of the molecule is C=C/C=C\C=C/CC1=CCC(Cc2ccc3c(c2)/C=C\C(=C)Oc2ccccc2C3)C=C1NC1C=CC=CC1c1ccc(-c2cccc(-c3cc(C)ccc3SC)c2)cc1. The zero-order chi connectivity index (χ0) is 41.3. The fourth-order valence-electron chi connectivity index (χ4n) is 8.46. The lowest BCUT2D eigenvalue weighted by Crippen LogP contribution is -2.34. The summed E-state index contributed by atoms with van der Waals surface area (Å²) in [7, 11) is 0. The molecule has 0 fully saturated rings. The van der Waals surface area contributed by atoms with Crippen molar-refractivity contribution in [3.63, 3.8) is 0 Å². The average molecular weight is 800 g/mol. The molecule has 3 atom stereocenters. The van der Waals surface area contributed by atoms with Crippen LogP contribution in [0.25, 0.3) is 28.3 Å². The van der Waals surface area contributed by atoms with Crippen LogP contribution in [-0.4, -0.2) is 12.3 Å². The number of thioether (sulfide) groups is 1. The van der Waals surface area contributed by atoms with Crippen molar-refractivity contribution in [2.24, 2.45) is 5.92 Å². The van der Waals surface area contributed by atoms with Crippen molar-refractivity contribution >= 4 is 17.8 Å². The Hall–Kier alpha value is -6.29. The van der Waals surface area contributed by atoms with Crippen molar-refractivity contribution < 1.29 is 4.74 Å². The molecular weight excluding hydrogens is 747 g/mol.